The Kier molecular flexibility index (Phi) is 5.29. The van der Waals surface area contributed by atoms with Crippen LogP contribution in [0.5, 0.6) is 0 Å². The number of nitrogens with zero attached hydrogens (tertiary/aromatic N) is 1. The van der Waals surface area contributed by atoms with Gasteiger partial charge in [-0.1, -0.05) is 38.1 Å². The number of nitrogens with two attached hydrogens (primary N) is 1. The smallest absolute Gasteiger partial charge is 0.0672 e. The van der Waals surface area contributed by atoms with Gasteiger partial charge < -0.3 is 0 Å². The molecular weight excluding hydrogens is 314 g/mol. The molecule has 20 heavy (non-hydrogen) atoms. The van der Waals surface area contributed by atoms with Crippen LogP contribution < -0.4 is 11.3 Å². The predicted molar refractivity (Wildman–Crippen MR) is 86.2 cm³/mol. The highest BCUT2D eigenvalue weighted by atomic mass is 79.9. The molecule has 0 bridgehead atoms. The van der Waals surface area contributed by atoms with Gasteiger partial charge in [0, 0.05) is 10.7 Å². The molecule has 0 radical (unpaired) electrons. The average Bonchev–Trinajstić information content (AvgIpc) is 2.46. The quantitative estimate of drug-likeness (QED) is 0.647. The average molecular weight is 334 g/mol. The molecule has 0 aliphatic rings. The van der Waals surface area contributed by atoms with E-state index in [0.717, 1.165) is 16.6 Å². The van der Waals surface area contributed by atoms with E-state index >= 15 is 0 Å². The molecule has 1 unspecified atom stereocenters. The van der Waals surface area contributed by atoms with Crippen molar-refractivity contribution in [3.63, 3.8) is 0 Å². The van der Waals surface area contributed by atoms with Gasteiger partial charge in [-0.3, -0.25) is 16.3 Å². The van der Waals surface area contributed by atoms with Gasteiger partial charge in [0.15, 0.2) is 0 Å². The van der Waals surface area contributed by atoms with E-state index < -0.39 is 0 Å². The van der Waals surface area contributed by atoms with Crippen LogP contribution in [0.25, 0.3) is 0 Å². The Balaban J connectivity index is 2.11. The second-order valence-corrected chi connectivity index (χ2v) is 6.14. The number of benzene rings is 1. The van der Waals surface area contributed by atoms with Crippen molar-refractivity contribution in [3.05, 3.63) is 63.9 Å². The van der Waals surface area contributed by atoms with Gasteiger partial charge in [-0.25, -0.2) is 0 Å². The SMILES string of the molecule is CC(C)c1ccc(CC(NN)c2ccc(Br)cn2)cc1. The molecular formula is C16H20BrN3. The van der Waals surface area contributed by atoms with Crippen molar-refractivity contribution in [3.8, 4) is 0 Å². The number of nitrogens with one attached hydrogen (secondary N) is 1. The number of pyridine rings is 1. The van der Waals surface area contributed by atoms with Crippen LogP contribution in [0, 0.1) is 0 Å². The third kappa shape index (κ3) is 3.88. The number of halogens is 1. The zero-order chi connectivity index (χ0) is 14.5. The molecule has 2 aromatic rings. The lowest BCUT2D eigenvalue weighted by Gasteiger charge is -2.16. The summed E-state index contributed by atoms with van der Waals surface area (Å²) in [6, 6.07) is 12.7. The van der Waals surface area contributed by atoms with Gasteiger partial charge in [0.05, 0.1) is 11.7 Å². The first kappa shape index (κ1) is 15.2. The lowest BCUT2D eigenvalue weighted by atomic mass is 9.98. The third-order valence-electron chi connectivity index (χ3n) is 3.39. The van der Waals surface area contributed by atoms with Crippen LogP contribution in [-0.2, 0) is 6.42 Å². The number of hydrogen-bond donors (Lipinski definition) is 2. The molecule has 0 saturated heterocycles. The standard InChI is InChI=1S/C16H20BrN3/c1-11(2)13-5-3-12(4-6-13)9-16(20-18)15-8-7-14(17)10-19-15/h3-8,10-11,16,20H,9,18H2,1-2H3. The first-order chi connectivity index (χ1) is 9.60. The Bertz CT molecular complexity index is 535. The summed E-state index contributed by atoms with van der Waals surface area (Å²) in [5, 5.41) is 0. The summed E-state index contributed by atoms with van der Waals surface area (Å²) >= 11 is 3.39. The Hall–Kier alpha value is -1.23. The van der Waals surface area contributed by atoms with E-state index in [9.17, 15) is 0 Å². The third-order valence-corrected chi connectivity index (χ3v) is 3.86. The molecule has 0 spiro atoms. The minimum atomic E-state index is 0.0213. The summed E-state index contributed by atoms with van der Waals surface area (Å²) in [4.78, 5) is 4.40. The maximum atomic E-state index is 5.67. The molecule has 2 rings (SSSR count). The minimum absolute atomic E-state index is 0.0213. The fourth-order valence-electron chi connectivity index (χ4n) is 2.12. The first-order valence-electron chi connectivity index (χ1n) is 6.76. The van der Waals surface area contributed by atoms with Crippen LogP contribution in [0.2, 0.25) is 0 Å². The topological polar surface area (TPSA) is 50.9 Å². The Morgan fingerprint density at radius 2 is 1.85 bits per heavy atom. The largest absolute Gasteiger partial charge is 0.271 e. The predicted octanol–water partition coefficient (Wildman–Crippen LogP) is 3.71. The van der Waals surface area contributed by atoms with Crippen LogP contribution in [0.15, 0.2) is 47.1 Å². The van der Waals surface area contributed by atoms with Crippen LogP contribution in [0.1, 0.15) is 42.6 Å². The highest BCUT2D eigenvalue weighted by Gasteiger charge is 2.12. The van der Waals surface area contributed by atoms with E-state index in [2.05, 4.69) is 64.5 Å². The molecule has 0 amide bonds. The minimum Gasteiger partial charge on any atom is -0.271 e. The molecule has 0 fully saturated rings. The van der Waals surface area contributed by atoms with Crippen molar-refractivity contribution < 1.29 is 0 Å². The molecule has 1 heterocycles. The molecule has 1 aromatic heterocycles. The maximum Gasteiger partial charge on any atom is 0.0672 e. The van der Waals surface area contributed by atoms with E-state index in [1.165, 1.54) is 11.1 Å². The number of hydrogen-bond acceptors (Lipinski definition) is 3. The summed E-state index contributed by atoms with van der Waals surface area (Å²) in [5.74, 6) is 6.22. The van der Waals surface area contributed by atoms with E-state index in [-0.39, 0.29) is 6.04 Å². The Morgan fingerprint density at radius 3 is 2.35 bits per heavy atom. The molecule has 0 saturated carbocycles. The molecule has 3 N–H and O–H groups in total. The second kappa shape index (κ2) is 6.97. The Labute approximate surface area is 128 Å². The van der Waals surface area contributed by atoms with Gasteiger partial charge in [0.2, 0.25) is 0 Å². The summed E-state index contributed by atoms with van der Waals surface area (Å²) < 4.78 is 0.971. The number of hydrazine groups is 1. The van der Waals surface area contributed by atoms with Crippen molar-refractivity contribution in [2.45, 2.75) is 32.2 Å². The molecule has 1 aromatic carbocycles. The highest BCUT2D eigenvalue weighted by Crippen LogP contribution is 2.20. The zero-order valence-corrected chi connectivity index (χ0v) is 13.4. The molecule has 1 atom stereocenters. The first-order valence-corrected chi connectivity index (χ1v) is 7.56. The molecule has 106 valence electrons. The highest BCUT2D eigenvalue weighted by molar-refractivity contribution is 9.10. The van der Waals surface area contributed by atoms with Gasteiger partial charge in [-0.05, 0) is 51.5 Å². The molecule has 0 aliphatic carbocycles. The Morgan fingerprint density at radius 1 is 1.15 bits per heavy atom. The van der Waals surface area contributed by atoms with Gasteiger partial charge in [-0.15, -0.1) is 0 Å². The summed E-state index contributed by atoms with van der Waals surface area (Å²) in [6.45, 7) is 4.40. The normalized spacial score (nSPS) is 12.7. The van der Waals surface area contributed by atoms with E-state index in [1.54, 1.807) is 6.20 Å². The monoisotopic (exact) mass is 333 g/mol. The van der Waals surface area contributed by atoms with Crippen LogP contribution in [0.3, 0.4) is 0 Å². The van der Waals surface area contributed by atoms with Crippen molar-refractivity contribution >= 4 is 15.9 Å². The molecule has 3 nitrogen and oxygen atoms in total. The summed E-state index contributed by atoms with van der Waals surface area (Å²) in [6.07, 6.45) is 2.62. The van der Waals surface area contributed by atoms with Crippen molar-refractivity contribution in [1.29, 1.82) is 0 Å². The van der Waals surface area contributed by atoms with Crippen molar-refractivity contribution in [2.75, 3.05) is 0 Å². The molecule has 4 heteroatoms. The van der Waals surface area contributed by atoms with Gasteiger partial charge >= 0.3 is 0 Å². The van der Waals surface area contributed by atoms with Gasteiger partial charge in [0.25, 0.3) is 0 Å². The van der Waals surface area contributed by atoms with Crippen molar-refractivity contribution in [1.82, 2.24) is 10.4 Å². The van der Waals surface area contributed by atoms with E-state index in [0.29, 0.717) is 5.92 Å². The molecule has 0 aliphatic heterocycles. The number of rotatable bonds is 5. The van der Waals surface area contributed by atoms with E-state index in [1.807, 2.05) is 12.1 Å². The van der Waals surface area contributed by atoms with Crippen LogP contribution >= 0.6 is 15.9 Å². The number of aromatic nitrogens is 1. The van der Waals surface area contributed by atoms with Crippen molar-refractivity contribution in [2.24, 2.45) is 5.84 Å². The fourth-order valence-corrected chi connectivity index (χ4v) is 2.35. The lowest BCUT2D eigenvalue weighted by Crippen LogP contribution is -2.30. The van der Waals surface area contributed by atoms with E-state index in [4.69, 9.17) is 5.84 Å². The second-order valence-electron chi connectivity index (χ2n) is 5.22. The van der Waals surface area contributed by atoms with Crippen LogP contribution in [0.4, 0.5) is 0 Å². The van der Waals surface area contributed by atoms with Gasteiger partial charge in [-0.2, -0.15) is 0 Å². The zero-order valence-electron chi connectivity index (χ0n) is 11.8. The fraction of sp³-hybridized carbons (Fsp3) is 0.312. The summed E-state index contributed by atoms with van der Waals surface area (Å²) in [7, 11) is 0. The van der Waals surface area contributed by atoms with Gasteiger partial charge in [0.1, 0.15) is 0 Å². The summed E-state index contributed by atoms with van der Waals surface area (Å²) in [5.41, 5.74) is 6.40. The van der Waals surface area contributed by atoms with Crippen LogP contribution in [-0.4, -0.2) is 4.98 Å². The lowest BCUT2D eigenvalue weighted by molar-refractivity contribution is 0.538. The maximum absolute atomic E-state index is 5.67.